The van der Waals surface area contributed by atoms with Crippen molar-refractivity contribution in [2.75, 3.05) is 11.5 Å². The Morgan fingerprint density at radius 3 is 1.90 bits per heavy atom. The van der Waals surface area contributed by atoms with Crippen molar-refractivity contribution in [3.63, 3.8) is 0 Å². The normalized spacial score (nSPS) is 24.4. The standard InChI is InChI=1S/C6H4O2S2/c7-3-1-9-6-5(3)4(8)2-10-6/h1-2H2. The number of Topliss-reactive ketones (excluding diaryl/α,β-unsaturated/α-hetero) is 2. The van der Waals surface area contributed by atoms with Crippen molar-refractivity contribution >= 4 is 35.1 Å². The highest BCUT2D eigenvalue weighted by molar-refractivity contribution is 8.23. The predicted molar refractivity (Wildman–Crippen MR) is 42.0 cm³/mol. The zero-order valence-electron chi connectivity index (χ0n) is 5.05. The molecule has 0 N–H and O–H groups in total. The lowest BCUT2D eigenvalue weighted by atomic mass is 10.1. The van der Waals surface area contributed by atoms with Gasteiger partial charge in [0.05, 0.1) is 21.3 Å². The van der Waals surface area contributed by atoms with E-state index in [1.165, 1.54) is 23.5 Å². The molecule has 0 radical (unpaired) electrons. The van der Waals surface area contributed by atoms with Gasteiger partial charge in [-0.3, -0.25) is 9.59 Å². The fourth-order valence-corrected chi connectivity index (χ4v) is 3.22. The van der Waals surface area contributed by atoms with Crippen LogP contribution in [0.1, 0.15) is 0 Å². The van der Waals surface area contributed by atoms with E-state index in [4.69, 9.17) is 0 Å². The lowest BCUT2D eigenvalue weighted by molar-refractivity contribution is -0.118. The Morgan fingerprint density at radius 2 is 1.50 bits per heavy atom. The van der Waals surface area contributed by atoms with E-state index in [9.17, 15) is 9.59 Å². The highest BCUT2D eigenvalue weighted by Gasteiger charge is 2.34. The minimum absolute atomic E-state index is 0.0231. The molecule has 0 saturated carbocycles. The van der Waals surface area contributed by atoms with Crippen molar-refractivity contribution in [2.24, 2.45) is 0 Å². The van der Waals surface area contributed by atoms with Gasteiger partial charge in [0.15, 0.2) is 11.6 Å². The molecule has 0 bridgehead atoms. The topological polar surface area (TPSA) is 34.1 Å². The van der Waals surface area contributed by atoms with Crippen LogP contribution in [-0.2, 0) is 9.59 Å². The molecule has 0 aromatic carbocycles. The highest BCUT2D eigenvalue weighted by atomic mass is 32.2. The number of hydrogen-bond donors (Lipinski definition) is 0. The maximum Gasteiger partial charge on any atom is 0.178 e. The van der Waals surface area contributed by atoms with Crippen LogP contribution in [0.4, 0.5) is 0 Å². The van der Waals surface area contributed by atoms with Crippen LogP contribution in [0.3, 0.4) is 0 Å². The quantitative estimate of drug-likeness (QED) is 0.507. The second-order valence-electron chi connectivity index (χ2n) is 2.09. The van der Waals surface area contributed by atoms with Crippen molar-refractivity contribution in [3.05, 3.63) is 9.81 Å². The van der Waals surface area contributed by atoms with Gasteiger partial charge in [-0.15, -0.1) is 23.5 Å². The van der Waals surface area contributed by atoms with Gasteiger partial charge in [-0.25, -0.2) is 0 Å². The molecular formula is C6H4O2S2. The average Bonchev–Trinajstić information content (AvgIpc) is 2.40. The Balaban J connectivity index is 2.45. The molecule has 0 fully saturated rings. The fourth-order valence-electron chi connectivity index (χ4n) is 0.976. The zero-order valence-corrected chi connectivity index (χ0v) is 6.68. The molecule has 2 aliphatic heterocycles. The summed E-state index contributed by atoms with van der Waals surface area (Å²) in [5.41, 5.74) is 0.481. The third-order valence-electron chi connectivity index (χ3n) is 1.43. The van der Waals surface area contributed by atoms with E-state index in [2.05, 4.69) is 0 Å². The molecule has 0 aromatic rings. The molecule has 0 aromatic heterocycles. The average molecular weight is 172 g/mol. The fraction of sp³-hybridized carbons (Fsp3) is 0.333. The molecule has 0 spiro atoms. The van der Waals surface area contributed by atoms with Crippen molar-refractivity contribution in [1.82, 2.24) is 0 Å². The summed E-state index contributed by atoms with van der Waals surface area (Å²) in [7, 11) is 0. The molecule has 52 valence electrons. The number of thioether (sulfide) groups is 2. The maximum atomic E-state index is 11.0. The van der Waals surface area contributed by atoms with Crippen LogP contribution in [0.15, 0.2) is 9.81 Å². The van der Waals surface area contributed by atoms with Crippen LogP contribution in [0.25, 0.3) is 0 Å². The molecule has 2 heterocycles. The number of ketones is 2. The second-order valence-corrected chi connectivity index (χ2v) is 4.32. The first kappa shape index (κ1) is 6.49. The van der Waals surface area contributed by atoms with Gasteiger partial charge in [0.1, 0.15) is 0 Å². The Kier molecular flexibility index (Phi) is 1.38. The number of carbonyl (C=O) groups is 2. The van der Waals surface area contributed by atoms with Crippen molar-refractivity contribution in [3.8, 4) is 0 Å². The maximum absolute atomic E-state index is 11.0. The van der Waals surface area contributed by atoms with Gasteiger partial charge in [-0.1, -0.05) is 0 Å². The highest BCUT2D eigenvalue weighted by Crippen LogP contribution is 2.42. The first-order valence-electron chi connectivity index (χ1n) is 2.85. The second kappa shape index (κ2) is 2.13. The SMILES string of the molecule is O=C1CSC2=C1C(=O)CS2. The lowest BCUT2D eigenvalue weighted by Crippen LogP contribution is -2.09. The summed E-state index contributed by atoms with van der Waals surface area (Å²) >= 11 is 2.99. The van der Waals surface area contributed by atoms with Gasteiger partial charge < -0.3 is 0 Å². The summed E-state index contributed by atoms with van der Waals surface area (Å²) in [4.78, 5) is 21.9. The van der Waals surface area contributed by atoms with Gasteiger partial charge >= 0.3 is 0 Å². The van der Waals surface area contributed by atoms with Gasteiger partial charge in [-0.2, -0.15) is 0 Å². The molecule has 2 nitrogen and oxygen atoms in total. The summed E-state index contributed by atoms with van der Waals surface area (Å²) in [6.45, 7) is 0. The van der Waals surface area contributed by atoms with Gasteiger partial charge in [0.2, 0.25) is 0 Å². The van der Waals surface area contributed by atoms with Crippen LogP contribution >= 0.6 is 23.5 Å². The summed E-state index contributed by atoms with van der Waals surface area (Å²) in [6.07, 6.45) is 0. The number of hydrogen-bond acceptors (Lipinski definition) is 4. The minimum Gasteiger partial charge on any atom is -0.293 e. The predicted octanol–water partition coefficient (Wildman–Crippen LogP) is 0.830. The first-order valence-corrected chi connectivity index (χ1v) is 4.82. The van der Waals surface area contributed by atoms with E-state index < -0.39 is 0 Å². The van der Waals surface area contributed by atoms with E-state index in [-0.39, 0.29) is 11.6 Å². The van der Waals surface area contributed by atoms with Crippen LogP contribution in [-0.4, -0.2) is 23.1 Å². The number of carbonyl (C=O) groups excluding carboxylic acids is 2. The van der Waals surface area contributed by atoms with Gasteiger partial charge in [0, 0.05) is 0 Å². The Hall–Kier alpha value is -0.220. The molecule has 10 heavy (non-hydrogen) atoms. The zero-order chi connectivity index (χ0) is 7.14. The van der Waals surface area contributed by atoms with E-state index in [0.717, 1.165) is 4.24 Å². The van der Waals surface area contributed by atoms with Crippen molar-refractivity contribution in [2.45, 2.75) is 0 Å². The van der Waals surface area contributed by atoms with E-state index in [0.29, 0.717) is 17.1 Å². The Bertz CT molecular complexity index is 230. The molecule has 0 saturated heterocycles. The summed E-state index contributed by atoms with van der Waals surface area (Å²) in [6, 6.07) is 0. The molecule has 2 rings (SSSR count). The van der Waals surface area contributed by atoms with Crippen molar-refractivity contribution < 1.29 is 9.59 Å². The third kappa shape index (κ3) is 0.754. The molecule has 0 unspecified atom stereocenters. The van der Waals surface area contributed by atoms with Crippen molar-refractivity contribution in [1.29, 1.82) is 0 Å². The van der Waals surface area contributed by atoms with Gasteiger partial charge in [-0.05, 0) is 0 Å². The van der Waals surface area contributed by atoms with Gasteiger partial charge in [0.25, 0.3) is 0 Å². The van der Waals surface area contributed by atoms with Crippen LogP contribution in [0.5, 0.6) is 0 Å². The smallest absolute Gasteiger partial charge is 0.178 e. The monoisotopic (exact) mass is 172 g/mol. The first-order chi connectivity index (χ1) is 4.79. The molecule has 0 amide bonds. The van der Waals surface area contributed by atoms with E-state index >= 15 is 0 Å². The summed E-state index contributed by atoms with van der Waals surface area (Å²) < 4.78 is 0.954. The summed E-state index contributed by atoms with van der Waals surface area (Å²) in [5, 5.41) is 0. The minimum atomic E-state index is 0.0231. The summed E-state index contributed by atoms with van der Waals surface area (Å²) in [5.74, 6) is 0.998. The lowest BCUT2D eigenvalue weighted by Gasteiger charge is -1.89. The largest absolute Gasteiger partial charge is 0.293 e. The molecular weight excluding hydrogens is 168 g/mol. The third-order valence-corrected chi connectivity index (χ3v) is 3.88. The van der Waals surface area contributed by atoms with Crippen LogP contribution < -0.4 is 0 Å². The van der Waals surface area contributed by atoms with E-state index in [1.807, 2.05) is 0 Å². The Morgan fingerprint density at radius 1 is 1.00 bits per heavy atom. The number of allylic oxidation sites excluding steroid dienone is 1. The molecule has 2 aliphatic rings. The van der Waals surface area contributed by atoms with Crippen LogP contribution in [0.2, 0.25) is 0 Å². The van der Waals surface area contributed by atoms with E-state index in [1.54, 1.807) is 0 Å². The molecule has 0 aliphatic carbocycles. The molecule has 0 atom stereocenters. The number of rotatable bonds is 0. The molecule has 4 heteroatoms. The van der Waals surface area contributed by atoms with Crippen LogP contribution in [0, 0.1) is 0 Å². The Labute approximate surface area is 66.4 Å².